The first-order valence-corrected chi connectivity index (χ1v) is 6.67. The zero-order chi connectivity index (χ0) is 13.9. The number of hydrogen-bond acceptors (Lipinski definition) is 6. The third-order valence-electron chi connectivity index (χ3n) is 3.47. The molecular formula is C13H15N5O2. The molecule has 1 amide bonds. The van der Waals surface area contributed by atoms with Crippen LogP contribution in [0.4, 0.5) is 0 Å². The quantitative estimate of drug-likeness (QED) is 0.825. The smallest absolute Gasteiger partial charge is 0.316 e. The van der Waals surface area contributed by atoms with E-state index in [1.807, 2.05) is 6.92 Å². The number of aromatic nitrogens is 4. The van der Waals surface area contributed by atoms with Crippen LogP contribution in [0.25, 0.3) is 11.5 Å². The lowest BCUT2D eigenvalue weighted by molar-refractivity contribution is 0.0585. The summed E-state index contributed by atoms with van der Waals surface area (Å²) in [5.74, 6) is 0.0883. The summed E-state index contributed by atoms with van der Waals surface area (Å²) in [7, 11) is 0. The van der Waals surface area contributed by atoms with Crippen LogP contribution in [-0.4, -0.2) is 43.5 Å². The Balaban J connectivity index is 1.81. The summed E-state index contributed by atoms with van der Waals surface area (Å²) in [6.07, 6.45) is 7.81. The molecule has 104 valence electrons. The molecule has 20 heavy (non-hydrogen) atoms. The lowest BCUT2D eigenvalue weighted by Crippen LogP contribution is -2.42. The second-order valence-corrected chi connectivity index (χ2v) is 4.86. The van der Waals surface area contributed by atoms with Crippen LogP contribution in [0.3, 0.4) is 0 Å². The average molecular weight is 273 g/mol. The monoisotopic (exact) mass is 273 g/mol. The molecule has 0 radical (unpaired) electrons. The summed E-state index contributed by atoms with van der Waals surface area (Å²) in [6.45, 7) is 2.78. The Morgan fingerprint density at radius 3 is 3.05 bits per heavy atom. The number of likely N-dealkylation sites (tertiary alicyclic amines) is 1. The number of rotatable bonds is 2. The minimum absolute atomic E-state index is 0.0133. The maximum absolute atomic E-state index is 12.3. The van der Waals surface area contributed by atoms with E-state index in [9.17, 15) is 4.79 Å². The average Bonchev–Trinajstić information content (AvgIpc) is 2.98. The van der Waals surface area contributed by atoms with Gasteiger partial charge in [-0.15, -0.1) is 0 Å². The van der Waals surface area contributed by atoms with E-state index < -0.39 is 0 Å². The standard InChI is InChI=1S/C13H15N5O2/c1-9-4-2-3-7-18(9)13(19)12-16-11(17-20-12)10-8-14-5-6-15-10/h5-6,8-9H,2-4,7H2,1H3. The highest BCUT2D eigenvalue weighted by Crippen LogP contribution is 2.19. The Morgan fingerprint density at radius 1 is 1.40 bits per heavy atom. The number of amides is 1. The fraction of sp³-hybridized carbons (Fsp3) is 0.462. The molecule has 1 atom stereocenters. The van der Waals surface area contributed by atoms with Crippen molar-refractivity contribution in [2.24, 2.45) is 0 Å². The zero-order valence-electron chi connectivity index (χ0n) is 11.2. The molecule has 3 rings (SSSR count). The van der Waals surface area contributed by atoms with Gasteiger partial charge in [-0.3, -0.25) is 9.78 Å². The molecule has 1 fully saturated rings. The molecular weight excluding hydrogens is 258 g/mol. The van der Waals surface area contributed by atoms with Gasteiger partial charge in [0, 0.05) is 25.0 Å². The number of carbonyl (C=O) groups is 1. The minimum Gasteiger partial charge on any atom is -0.332 e. The SMILES string of the molecule is CC1CCCCN1C(=O)c1nc(-c2cnccn2)no1. The van der Waals surface area contributed by atoms with Crippen molar-refractivity contribution in [3.05, 3.63) is 24.5 Å². The summed E-state index contributed by atoms with van der Waals surface area (Å²) in [5.41, 5.74) is 0.488. The first-order chi connectivity index (χ1) is 9.75. The summed E-state index contributed by atoms with van der Waals surface area (Å²) in [4.78, 5) is 26.3. The van der Waals surface area contributed by atoms with Crippen LogP contribution in [0.5, 0.6) is 0 Å². The van der Waals surface area contributed by atoms with Crippen LogP contribution in [0, 0.1) is 0 Å². The van der Waals surface area contributed by atoms with Gasteiger partial charge in [-0.2, -0.15) is 4.98 Å². The van der Waals surface area contributed by atoms with Gasteiger partial charge in [0.05, 0.1) is 6.20 Å². The fourth-order valence-electron chi connectivity index (χ4n) is 2.35. The molecule has 7 heteroatoms. The summed E-state index contributed by atoms with van der Waals surface area (Å²) < 4.78 is 5.06. The van der Waals surface area contributed by atoms with E-state index in [0.717, 1.165) is 25.8 Å². The molecule has 2 aromatic heterocycles. The molecule has 1 unspecified atom stereocenters. The highest BCUT2D eigenvalue weighted by atomic mass is 16.5. The van der Waals surface area contributed by atoms with E-state index in [0.29, 0.717) is 5.69 Å². The van der Waals surface area contributed by atoms with Crippen molar-refractivity contribution in [1.29, 1.82) is 0 Å². The Hall–Kier alpha value is -2.31. The molecule has 0 aliphatic carbocycles. The Kier molecular flexibility index (Phi) is 3.41. The predicted molar refractivity (Wildman–Crippen MR) is 69.7 cm³/mol. The maximum Gasteiger partial charge on any atom is 0.316 e. The highest BCUT2D eigenvalue weighted by molar-refractivity contribution is 5.90. The summed E-state index contributed by atoms with van der Waals surface area (Å²) in [6, 6.07) is 0.211. The lowest BCUT2D eigenvalue weighted by atomic mass is 10.0. The van der Waals surface area contributed by atoms with Gasteiger partial charge in [0.15, 0.2) is 0 Å². The summed E-state index contributed by atoms with van der Waals surface area (Å²) >= 11 is 0. The van der Waals surface area contributed by atoms with Crippen molar-refractivity contribution in [1.82, 2.24) is 25.0 Å². The number of nitrogens with zero attached hydrogens (tertiary/aromatic N) is 5. The second kappa shape index (κ2) is 5.36. The predicted octanol–water partition coefficient (Wildman–Crippen LogP) is 1.54. The van der Waals surface area contributed by atoms with Crippen LogP contribution in [0.15, 0.2) is 23.1 Å². The van der Waals surface area contributed by atoms with Crippen LogP contribution in [-0.2, 0) is 0 Å². The normalized spacial score (nSPS) is 19.1. The maximum atomic E-state index is 12.3. The van der Waals surface area contributed by atoms with E-state index in [1.165, 1.54) is 6.20 Å². The van der Waals surface area contributed by atoms with E-state index in [-0.39, 0.29) is 23.7 Å². The molecule has 0 bridgehead atoms. The zero-order valence-corrected chi connectivity index (χ0v) is 11.2. The third-order valence-corrected chi connectivity index (χ3v) is 3.47. The molecule has 1 aliphatic rings. The molecule has 0 N–H and O–H groups in total. The van der Waals surface area contributed by atoms with Crippen molar-refractivity contribution in [2.45, 2.75) is 32.2 Å². The largest absolute Gasteiger partial charge is 0.332 e. The van der Waals surface area contributed by atoms with Gasteiger partial charge in [0.25, 0.3) is 0 Å². The molecule has 3 heterocycles. The van der Waals surface area contributed by atoms with Crippen molar-refractivity contribution in [2.75, 3.05) is 6.54 Å². The topological polar surface area (TPSA) is 85.0 Å². The van der Waals surface area contributed by atoms with Crippen molar-refractivity contribution in [3.63, 3.8) is 0 Å². The Bertz CT molecular complexity index is 598. The molecule has 0 spiro atoms. The number of carbonyl (C=O) groups excluding carboxylic acids is 1. The van der Waals surface area contributed by atoms with Gasteiger partial charge >= 0.3 is 11.8 Å². The highest BCUT2D eigenvalue weighted by Gasteiger charge is 2.28. The first kappa shape index (κ1) is 12.7. The van der Waals surface area contributed by atoms with Crippen LogP contribution in [0.2, 0.25) is 0 Å². The van der Waals surface area contributed by atoms with Crippen molar-refractivity contribution < 1.29 is 9.32 Å². The van der Waals surface area contributed by atoms with Gasteiger partial charge in [-0.1, -0.05) is 5.16 Å². The molecule has 0 saturated carbocycles. The second-order valence-electron chi connectivity index (χ2n) is 4.86. The van der Waals surface area contributed by atoms with Gasteiger partial charge in [-0.25, -0.2) is 4.98 Å². The fourth-order valence-corrected chi connectivity index (χ4v) is 2.35. The van der Waals surface area contributed by atoms with E-state index in [1.54, 1.807) is 17.3 Å². The Labute approximate surface area is 116 Å². The Morgan fingerprint density at radius 2 is 2.30 bits per heavy atom. The van der Waals surface area contributed by atoms with Crippen LogP contribution >= 0.6 is 0 Å². The van der Waals surface area contributed by atoms with E-state index >= 15 is 0 Å². The number of piperidine rings is 1. The van der Waals surface area contributed by atoms with E-state index in [2.05, 4.69) is 20.1 Å². The van der Waals surface area contributed by atoms with Crippen molar-refractivity contribution in [3.8, 4) is 11.5 Å². The van der Waals surface area contributed by atoms with E-state index in [4.69, 9.17) is 4.52 Å². The third kappa shape index (κ3) is 2.38. The molecule has 0 aromatic carbocycles. The van der Waals surface area contributed by atoms with Gasteiger partial charge < -0.3 is 9.42 Å². The van der Waals surface area contributed by atoms with Crippen LogP contribution < -0.4 is 0 Å². The molecule has 7 nitrogen and oxygen atoms in total. The summed E-state index contributed by atoms with van der Waals surface area (Å²) in [5, 5.41) is 3.79. The molecule has 1 aliphatic heterocycles. The lowest BCUT2D eigenvalue weighted by Gasteiger charge is -2.32. The minimum atomic E-state index is -0.208. The van der Waals surface area contributed by atoms with Gasteiger partial charge in [-0.05, 0) is 26.2 Å². The molecule has 2 aromatic rings. The number of hydrogen-bond donors (Lipinski definition) is 0. The first-order valence-electron chi connectivity index (χ1n) is 6.67. The van der Waals surface area contributed by atoms with Crippen LogP contribution in [0.1, 0.15) is 36.9 Å². The molecule has 1 saturated heterocycles. The van der Waals surface area contributed by atoms with Gasteiger partial charge in [0.1, 0.15) is 5.69 Å². The van der Waals surface area contributed by atoms with Gasteiger partial charge in [0.2, 0.25) is 5.82 Å². The van der Waals surface area contributed by atoms with Crippen molar-refractivity contribution >= 4 is 5.91 Å².